The third kappa shape index (κ3) is 3.90. The second-order valence-corrected chi connectivity index (χ2v) is 6.89. The Labute approximate surface area is 123 Å². The molecule has 1 aromatic carbocycles. The molecule has 1 aliphatic rings. The lowest BCUT2D eigenvalue weighted by Crippen LogP contribution is -2.32. The highest BCUT2D eigenvalue weighted by molar-refractivity contribution is 8.00. The van der Waals surface area contributed by atoms with Crippen LogP contribution >= 0.6 is 23.4 Å². The zero-order valence-corrected chi connectivity index (χ0v) is 12.6. The Morgan fingerprint density at radius 2 is 2.05 bits per heavy atom. The van der Waals surface area contributed by atoms with E-state index in [-0.39, 0.29) is 11.2 Å². The molecular weight excluding hydrogens is 280 g/mol. The van der Waals surface area contributed by atoms with E-state index in [2.05, 4.69) is 6.92 Å². The van der Waals surface area contributed by atoms with Crippen LogP contribution in [0.5, 0.6) is 0 Å². The van der Waals surface area contributed by atoms with Gasteiger partial charge in [0.25, 0.3) is 0 Å². The molecule has 0 heterocycles. The maximum Gasteiger partial charge on any atom is 0.307 e. The summed E-state index contributed by atoms with van der Waals surface area (Å²) in [6, 6.07) is 7.67. The van der Waals surface area contributed by atoms with Crippen molar-refractivity contribution < 1.29 is 9.90 Å². The number of hydrogen-bond donors (Lipinski definition) is 1. The van der Waals surface area contributed by atoms with Crippen molar-refractivity contribution in [3.05, 3.63) is 29.3 Å². The molecule has 2 nitrogen and oxygen atoms in total. The molecule has 0 bridgehead atoms. The van der Waals surface area contributed by atoms with E-state index in [1.54, 1.807) is 11.8 Å². The first-order valence-electron chi connectivity index (χ1n) is 6.75. The molecule has 0 aliphatic heterocycles. The summed E-state index contributed by atoms with van der Waals surface area (Å²) in [6.07, 6.45) is 4.00. The lowest BCUT2D eigenvalue weighted by Gasteiger charge is -2.33. The van der Waals surface area contributed by atoms with Gasteiger partial charge in [0.15, 0.2) is 0 Å². The quantitative estimate of drug-likeness (QED) is 0.874. The van der Waals surface area contributed by atoms with Gasteiger partial charge in [0, 0.05) is 15.2 Å². The number of rotatable bonds is 4. The van der Waals surface area contributed by atoms with Crippen LogP contribution in [0.1, 0.15) is 32.6 Å². The Morgan fingerprint density at radius 3 is 2.63 bits per heavy atom. The van der Waals surface area contributed by atoms with E-state index in [1.165, 1.54) is 0 Å². The van der Waals surface area contributed by atoms with Crippen molar-refractivity contribution in [2.24, 2.45) is 11.8 Å². The molecule has 3 atom stereocenters. The van der Waals surface area contributed by atoms with Gasteiger partial charge in [-0.05, 0) is 49.4 Å². The largest absolute Gasteiger partial charge is 0.481 e. The van der Waals surface area contributed by atoms with Gasteiger partial charge in [0.2, 0.25) is 0 Å². The predicted octanol–water partition coefficient (Wildman–Crippen LogP) is 4.71. The van der Waals surface area contributed by atoms with Gasteiger partial charge in [-0.2, -0.15) is 0 Å². The van der Waals surface area contributed by atoms with E-state index in [9.17, 15) is 9.90 Å². The van der Waals surface area contributed by atoms with E-state index in [4.69, 9.17) is 11.6 Å². The van der Waals surface area contributed by atoms with Gasteiger partial charge in [-0.3, -0.25) is 4.79 Å². The van der Waals surface area contributed by atoms with Crippen molar-refractivity contribution in [3.63, 3.8) is 0 Å². The number of hydrogen-bond acceptors (Lipinski definition) is 2. The minimum absolute atomic E-state index is 0.178. The third-order valence-electron chi connectivity index (χ3n) is 3.90. The van der Waals surface area contributed by atoms with Crippen molar-refractivity contribution in [1.29, 1.82) is 0 Å². The molecule has 2 rings (SSSR count). The van der Waals surface area contributed by atoms with Gasteiger partial charge in [-0.15, -0.1) is 11.8 Å². The summed E-state index contributed by atoms with van der Waals surface area (Å²) >= 11 is 7.57. The highest BCUT2D eigenvalue weighted by Gasteiger charge is 2.34. The smallest absolute Gasteiger partial charge is 0.307 e. The number of benzene rings is 1. The van der Waals surface area contributed by atoms with E-state index in [0.717, 1.165) is 30.6 Å². The fraction of sp³-hybridized carbons (Fsp3) is 0.533. The summed E-state index contributed by atoms with van der Waals surface area (Å²) in [5.41, 5.74) is 0. The van der Waals surface area contributed by atoms with Crippen LogP contribution in [-0.4, -0.2) is 16.3 Å². The molecule has 104 valence electrons. The predicted molar refractivity (Wildman–Crippen MR) is 79.9 cm³/mol. The number of carboxylic acids is 1. The molecule has 0 radical (unpaired) electrons. The maximum absolute atomic E-state index is 11.4. The molecule has 4 heteroatoms. The lowest BCUT2D eigenvalue weighted by atomic mass is 9.80. The minimum atomic E-state index is -0.652. The topological polar surface area (TPSA) is 37.3 Å². The molecule has 1 fully saturated rings. The maximum atomic E-state index is 11.4. The van der Waals surface area contributed by atoms with Gasteiger partial charge in [-0.25, -0.2) is 0 Å². The first-order chi connectivity index (χ1) is 9.10. The Balaban J connectivity index is 2.08. The molecule has 1 N–H and O–H groups in total. The number of halogens is 1. The van der Waals surface area contributed by atoms with E-state index in [1.807, 2.05) is 24.3 Å². The van der Waals surface area contributed by atoms with Crippen molar-refractivity contribution in [2.45, 2.75) is 42.8 Å². The van der Waals surface area contributed by atoms with Gasteiger partial charge < -0.3 is 5.11 Å². The fourth-order valence-electron chi connectivity index (χ4n) is 2.68. The lowest BCUT2D eigenvalue weighted by molar-refractivity contribution is -0.142. The van der Waals surface area contributed by atoms with Crippen molar-refractivity contribution in [3.8, 4) is 0 Å². The molecule has 1 aromatic rings. The minimum Gasteiger partial charge on any atom is -0.481 e. The zero-order chi connectivity index (χ0) is 13.8. The Hall–Kier alpha value is -0.670. The van der Waals surface area contributed by atoms with Gasteiger partial charge in [0.1, 0.15) is 0 Å². The molecule has 19 heavy (non-hydrogen) atoms. The summed E-state index contributed by atoms with van der Waals surface area (Å²) in [4.78, 5) is 12.5. The van der Waals surface area contributed by atoms with E-state index < -0.39 is 5.97 Å². The van der Waals surface area contributed by atoms with Crippen molar-refractivity contribution in [1.82, 2.24) is 0 Å². The summed E-state index contributed by atoms with van der Waals surface area (Å²) < 4.78 is 0. The van der Waals surface area contributed by atoms with Crippen LogP contribution in [0.25, 0.3) is 0 Å². The van der Waals surface area contributed by atoms with Crippen molar-refractivity contribution in [2.75, 3.05) is 0 Å². The standard InChI is InChI=1S/C15H19ClO2S/c1-2-10-3-8-13(15(17)18)14(9-10)19-12-6-4-11(16)5-7-12/h4-7,10,13-14H,2-3,8-9H2,1H3,(H,17,18). The summed E-state index contributed by atoms with van der Waals surface area (Å²) in [5, 5.41) is 10.3. The van der Waals surface area contributed by atoms with Gasteiger partial charge in [-0.1, -0.05) is 24.9 Å². The van der Waals surface area contributed by atoms with Crippen LogP contribution in [0.3, 0.4) is 0 Å². The molecule has 0 aromatic heterocycles. The SMILES string of the molecule is CCC1CCC(C(=O)O)C(Sc2ccc(Cl)cc2)C1. The number of carboxylic acid groups (broad SMARTS) is 1. The molecular formula is C15H19ClO2S. The van der Waals surface area contributed by atoms with Crippen LogP contribution in [0.2, 0.25) is 5.02 Å². The molecule has 0 saturated heterocycles. The summed E-state index contributed by atoms with van der Waals surface area (Å²) in [7, 11) is 0. The van der Waals surface area contributed by atoms with Crippen LogP contribution in [0.15, 0.2) is 29.2 Å². The van der Waals surface area contributed by atoms with E-state index >= 15 is 0 Å². The highest BCUT2D eigenvalue weighted by atomic mass is 35.5. The first kappa shape index (κ1) is 14.7. The number of thioether (sulfide) groups is 1. The summed E-state index contributed by atoms with van der Waals surface area (Å²) in [6.45, 7) is 2.19. The summed E-state index contributed by atoms with van der Waals surface area (Å²) in [5.74, 6) is -0.204. The number of carbonyl (C=O) groups is 1. The van der Waals surface area contributed by atoms with Crippen LogP contribution < -0.4 is 0 Å². The highest BCUT2D eigenvalue weighted by Crippen LogP contribution is 2.41. The Morgan fingerprint density at radius 1 is 1.37 bits per heavy atom. The monoisotopic (exact) mass is 298 g/mol. The zero-order valence-electron chi connectivity index (χ0n) is 11.0. The average molecular weight is 299 g/mol. The van der Waals surface area contributed by atoms with Gasteiger partial charge >= 0.3 is 5.97 Å². The fourth-order valence-corrected chi connectivity index (χ4v) is 4.24. The average Bonchev–Trinajstić information content (AvgIpc) is 2.41. The molecule has 0 spiro atoms. The van der Waals surface area contributed by atoms with E-state index in [0.29, 0.717) is 10.9 Å². The Bertz CT molecular complexity index is 432. The molecule has 1 aliphatic carbocycles. The second-order valence-electron chi connectivity index (χ2n) is 5.14. The molecule has 0 amide bonds. The van der Waals surface area contributed by atoms with Gasteiger partial charge in [0.05, 0.1) is 5.92 Å². The second kappa shape index (κ2) is 6.67. The first-order valence-corrected chi connectivity index (χ1v) is 8.01. The molecule has 1 saturated carbocycles. The normalized spacial score (nSPS) is 27.2. The third-order valence-corrected chi connectivity index (χ3v) is 5.52. The van der Waals surface area contributed by atoms with Crippen molar-refractivity contribution >= 4 is 29.3 Å². The van der Waals surface area contributed by atoms with Crippen LogP contribution in [0.4, 0.5) is 0 Å². The molecule has 3 unspecified atom stereocenters. The number of aliphatic carboxylic acids is 1. The Kier molecular flexibility index (Phi) is 5.17. The van der Waals surface area contributed by atoms with Crippen LogP contribution in [0, 0.1) is 11.8 Å². The van der Waals surface area contributed by atoms with Crippen LogP contribution in [-0.2, 0) is 4.79 Å².